The first kappa shape index (κ1) is 15.3. The Hall–Kier alpha value is -1.06. The molecule has 0 spiro atoms. The molecule has 1 aliphatic rings. The summed E-state index contributed by atoms with van der Waals surface area (Å²) >= 11 is 0. The molecular formula is C17H28N2O. The van der Waals surface area contributed by atoms with Gasteiger partial charge in [0.05, 0.1) is 6.10 Å². The smallest absolute Gasteiger partial charge is 0.0781 e. The standard InChI is InChI=1S/C17H28N2O/c1-4-19-11-9-15(10-12-19)13(2)18-17-8-6-5-7-16(17)14(3)20/h5-8,13-15,18,20H,4,9-12H2,1-3H3. The number of piperidine rings is 1. The zero-order chi connectivity index (χ0) is 14.5. The van der Waals surface area contributed by atoms with Crippen molar-refractivity contribution in [2.75, 3.05) is 25.0 Å². The number of nitrogens with one attached hydrogen (secondary N) is 1. The van der Waals surface area contributed by atoms with E-state index < -0.39 is 6.10 Å². The molecule has 3 heteroatoms. The van der Waals surface area contributed by atoms with Gasteiger partial charge in [-0.2, -0.15) is 0 Å². The van der Waals surface area contributed by atoms with Crippen molar-refractivity contribution in [1.82, 2.24) is 4.90 Å². The van der Waals surface area contributed by atoms with Gasteiger partial charge in [-0.1, -0.05) is 25.1 Å². The summed E-state index contributed by atoms with van der Waals surface area (Å²) in [7, 11) is 0. The first-order chi connectivity index (χ1) is 9.61. The number of para-hydroxylation sites is 1. The first-order valence-corrected chi connectivity index (χ1v) is 7.87. The highest BCUT2D eigenvalue weighted by Crippen LogP contribution is 2.27. The van der Waals surface area contributed by atoms with Crippen LogP contribution in [0.3, 0.4) is 0 Å². The summed E-state index contributed by atoms with van der Waals surface area (Å²) in [4.78, 5) is 2.52. The fraction of sp³-hybridized carbons (Fsp3) is 0.647. The Morgan fingerprint density at radius 2 is 1.90 bits per heavy atom. The van der Waals surface area contributed by atoms with Crippen LogP contribution in [0.2, 0.25) is 0 Å². The molecule has 1 saturated heterocycles. The second-order valence-electron chi connectivity index (χ2n) is 5.97. The average Bonchev–Trinajstić information content (AvgIpc) is 2.47. The van der Waals surface area contributed by atoms with Crippen molar-refractivity contribution in [1.29, 1.82) is 0 Å². The molecule has 0 radical (unpaired) electrons. The summed E-state index contributed by atoms with van der Waals surface area (Å²) in [5.41, 5.74) is 2.07. The minimum atomic E-state index is -0.423. The molecule has 2 unspecified atom stereocenters. The molecule has 2 N–H and O–H groups in total. The Morgan fingerprint density at radius 3 is 2.50 bits per heavy atom. The van der Waals surface area contributed by atoms with Crippen molar-refractivity contribution in [3.8, 4) is 0 Å². The van der Waals surface area contributed by atoms with Crippen molar-refractivity contribution in [3.63, 3.8) is 0 Å². The van der Waals surface area contributed by atoms with E-state index in [0.717, 1.165) is 17.2 Å². The molecule has 0 aliphatic carbocycles. The maximum absolute atomic E-state index is 9.85. The van der Waals surface area contributed by atoms with Crippen molar-refractivity contribution in [3.05, 3.63) is 29.8 Å². The Kier molecular flexibility index (Phi) is 5.44. The highest BCUT2D eigenvalue weighted by atomic mass is 16.3. The molecule has 0 saturated carbocycles. The summed E-state index contributed by atoms with van der Waals surface area (Å²) < 4.78 is 0. The number of aliphatic hydroxyl groups is 1. The van der Waals surface area contributed by atoms with Gasteiger partial charge in [-0.25, -0.2) is 0 Å². The number of nitrogens with zero attached hydrogens (tertiary/aromatic N) is 1. The highest BCUT2D eigenvalue weighted by Gasteiger charge is 2.23. The van der Waals surface area contributed by atoms with Gasteiger partial charge in [-0.3, -0.25) is 0 Å². The third-order valence-electron chi connectivity index (χ3n) is 4.58. The molecule has 112 valence electrons. The predicted molar refractivity (Wildman–Crippen MR) is 85.0 cm³/mol. The van der Waals surface area contributed by atoms with E-state index in [-0.39, 0.29) is 0 Å². The van der Waals surface area contributed by atoms with Crippen LogP contribution in [0.5, 0.6) is 0 Å². The van der Waals surface area contributed by atoms with Crippen LogP contribution in [-0.2, 0) is 0 Å². The third-order valence-corrected chi connectivity index (χ3v) is 4.58. The van der Waals surface area contributed by atoms with Gasteiger partial charge in [0, 0.05) is 17.3 Å². The van der Waals surface area contributed by atoms with E-state index in [1.165, 1.54) is 32.5 Å². The van der Waals surface area contributed by atoms with Gasteiger partial charge >= 0.3 is 0 Å². The fourth-order valence-electron chi connectivity index (χ4n) is 3.13. The number of likely N-dealkylation sites (tertiary alicyclic amines) is 1. The van der Waals surface area contributed by atoms with Crippen molar-refractivity contribution in [2.45, 2.75) is 45.8 Å². The quantitative estimate of drug-likeness (QED) is 0.866. The molecule has 1 aromatic carbocycles. The fourth-order valence-corrected chi connectivity index (χ4v) is 3.13. The van der Waals surface area contributed by atoms with Crippen LogP contribution < -0.4 is 5.32 Å². The van der Waals surface area contributed by atoms with E-state index in [0.29, 0.717) is 6.04 Å². The number of hydrogen-bond donors (Lipinski definition) is 2. The molecule has 1 aromatic rings. The molecule has 0 bridgehead atoms. The lowest BCUT2D eigenvalue weighted by Crippen LogP contribution is -2.39. The highest BCUT2D eigenvalue weighted by molar-refractivity contribution is 5.52. The summed E-state index contributed by atoms with van der Waals surface area (Å²) in [6, 6.07) is 8.53. The van der Waals surface area contributed by atoms with Crippen LogP contribution in [0, 0.1) is 5.92 Å². The molecular weight excluding hydrogens is 248 g/mol. The molecule has 1 fully saturated rings. The molecule has 2 atom stereocenters. The van der Waals surface area contributed by atoms with Gasteiger partial charge in [0.2, 0.25) is 0 Å². The molecule has 2 rings (SSSR count). The maximum atomic E-state index is 9.85. The zero-order valence-corrected chi connectivity index (χ0v) is 13.0. The van der Waals surface area contributed by atoms with E-state index in [1.807, 2.05) is 25.1 Å². The van der Waals surface area contributed by atoms with E-state index in [2.05, 4.69) is 30.1 Å². The van der Waals surface area contributed by atoms with Crippen molar-refractivity contribution in [2.24, 2.45) is 5.92 Å². The van der Waals surface area contributed by atoms with E-state index in [4.69, 9.17) is 0 Å². The van der Waals surface area contributed by atoms with Gasteiger partial charge in [-0.15, -0.1) is 0 Å². The number of aliphatic hydroxyl groups excluding tert-OH is 1. The Bertz CT molecular complexity index is 411. The minimum absolute atomic E-state index is 0.423. The molecule has 1 aliphatic heterocycles. The van der Waals surface area contributed by atoms with Crippen LogP contribution >= 0.6 is 0 Å². The lowest BCUT2D eigenvalue weighted by molar-refractivity contribution is 0.183. The van der Waals surface area contributed by atoms with E-state index in [9.17, 15) is 5.11 Å². The number of rotatable bonds is 5. The molecule has 20 heavy (non-hydrogen) atoms. The number of benzene rings is 1. The van der Waals surface area contributed by atoms with Gasteiger partial charge in [0.25, 0.3) is 0 Å². The second-order valence-corrected chi connectivity index (χ2v) is 5.97. The lowest BCUT2D eigenvalue weighted by atomic mass is 9.90. The average molecular weight is 276 g/mol. The normalized spacial score (nSPS) is 20.6. The van der Waals surface area contributed by atoms with Crippen molar-refractivity contribution >= 4 is 5.69 Å². The van der Waals surface area contributed by atoms with Crippen LogP contribution in [-0.4, -0.2) is 35.7 Å². The summed E-state index contributed by atoms with van der Waals surface area (Å²) in [5, 5.41) is 13.5. The molecule has 0 amide bonds. The Morgan fingerprint density at radius 1 is 1.25 bits per heavy atom. The monoisotopic (exact) mass is 276 g/mol. The Balaban J connectivity index is 1.96. The van der Waals surface area contributed by atoms with Crippen LogP contribution in [0.1, 0.15) is 45.3 Å². The lowest BCUT2D eigenvalue weighted by Gasteiger charge is -2.35. The van der Waals surface area contributed by atoms with Gasteiger partial charge < -0.3 is 15.3 Å². The van der Waals surface area contributed by atoms with Crippen LogP contribution in [0.15, 0.2) is 24.3 Å². The first-order valence-electron chi connectivity index (χ1n) is 7.87. The molecule has 0 aromatic heterocycles. The largest absolute Gasteiger partial charge is 0.389 e. The summed E-state index contributed by atoms with van der Waals surface area (Å²) in [6.45, 7) is 9.92. The maximum Gasteiger partial charge on any atom is 0.0781 e. The number of anilines is 1. The summed E-state index contributed by atoms with van der Waals surface area (Å²) in [5.74, 6) is 0.722. The van der Waals surface area contributed by atoms with Gasteiger partial charge in [0.1, 0.15) is 0 Å². The number of hydrogen-bond acceptors (Lipinski definition) is 3. The van der Waals surface area contributed by atoms with Crippen LogP contribution in [0.25, 0.3) is 0 Å². The van der Waals surface area contributed by atoms with E-state index >= 15 is 0 Å². The molecule has 1 heterocycles. The van der Waals surface area contributed by atoms with Crippen LogP contribution in [0.4, 0.5) is 5.69 Å². The summed E-state index contributed by atoms with van der Waals surface area (Å²) in [6.07, 6.45) is 2.10. The predicted octanol–water partition coefficient (Wildman–Crippen LogP) is 3.27. The van der Waals surface area contributed by atoms with E-state index in [1.54, 1.807) is 0 Å². The Labute approximate surface area is 123 Å². The topological polar surface area (TPSA) is 35.5 Å². The zero-order valence-electron chi connectivity index (χ0n) is 13.0. The second kappa shape index (κ2) is 7.09. The van der Waals surface area contributed by atoms with Gasteiger partial charge in [-0.05, 0) is 58.3 Å². The van der Waals surface area contributed by atoms with Gasteiger partial charge in [0.15, 0.2) is 0 Å². The minimum Gasteiger partial charge on any atom is -0.389 e. The SMILES string of the molecule is CCN1CCC(C(C)Nc2ccccc2C(C)O)CC1. The third kappa shape index (κ3) is 3.74. The van der Waals surface area contributed by atoms with Crippen molar-refractivity contribution < 1.29 is 5.11 Å². The molecule has 3 nitrogen and oxygen atoms in total.